The lowest BCUT2D eigenvalue weighted by Crippen LogP contribution is -2.49. The first-order valence-electron chi connectivity index (χ1n) is 9.35. The number of carbonyl (C=O) groups excluding carboxylic acids is 1. The van der Waals surface area contributed by atoms with Crippen LogP contribution in [0.1, 0.15) is 18.3 Å². The lowest BCUT2D eigenvalue weighted by atomic mass is 10.1. The van der Waals surface area contributed by atoms with Gasteiger partial charge in [0.2, 0.25) is 5.91 Å². The predicted octanol–water partition coefficient (Wildman–Crippen LogP) is 2.12. The molecule has 2 heterocycles. The van der Waals surface area contributed by atoms with E-state index in [4.69, 9.17) is 4.74 Å². The van der Waals surface area contributed by atoms with E-state index in [1.807, 2.05) is 49.1 Å². The Hall–Kier alpha value is -2.83. The predicted molar refractivity (Wildman–Crippen MR) is 106 cm³/mol. The number of methoxy groups -OCH3 is 1. The van der Waals surface area contributed by atoms with Crippen molar-refractivity contribution in [1.82, 2.24) is 14.9 Å². The standard InChI is InChI=1S/C20H27N5O2/c1-4-21-18-14-19(23-15(2)22-18)24-9-11-25(12-10-24)20(26)13-16-7-5-6-8-17(16)27-3/h5-8,14H,4,9-13H2,1-3H3,(H,21,22,23). The Kier molecular flexibility index (Phi) is 6.11. The van der Waals surface area contributed by atoms with Gasteiger partial charge in [-0.05, 0) is 19.9 Å². The fourth-order valence-corrected chi connectivity index (χ4v) is 3.29. The topological polar surface area (TPSA) is 70.6 Å². The SMILES string of the molecule is CCNc1cc(N2CCN(C(=O)Cc3ccccc3OC)CC2)nc(C)n1. The number of carbonyl (C=O) groups is 1. The summed E-state index contributed by atoms with van der Waals surface area (Å²) in [5, 5.41) is 3.24. The third kappa shape index (κ3) is 4.67. The van der Waals surface area contributed by atoms with E-state index in [0.717, 1.165) is 48.4 Å². The zero-order valence-electron chi connectivity index (χ0n) is 16.2. The molecular formula is C20H27N5O2. The summed E-state index contributed by atoms with van der Waals surface area (Å²) in [4.78, 5) is 25.8. The Balaban J connectivity index is 1.61. The van der Waals surface area contributed by atoms with Crippen LogP contribution in [0.4, 0.5) is 11.6 Å². The van der Waals surface area contributed by atoms with E-state index in [2.05, 4.69) is 20.2 Å². The van der Waals surface area contributed by atoms with Crippen LogP contribution >= 0.6 is 0 Å². The molecule has 1 saturated heterocycles. The Labute approximate surface area is 160 Å². The first-order valence-corrected chi connectivity index (χ1v) is 9.35. The van der Waals surface area contributed by atoms with Crippen molar-refractivity contribution in [2.75, 3.05) is 50.1 Å². The number of aryl methyl sites for hydroxylation is 1. The highest BCUT2D eigenvalue weighted by atomic mass is 16.5. The molecule has 1 aliphatic heterocycles. The number of hydrogen-bond acceptors (Lipinski definition) is 6. The van der Waals surface area contributed by atoms with Crippen LogP contribution in [0.15, 0.2) is 30.3 Å². The van der Waals surface area contributed by atoms with Gasteiger partial charge in [0.1, 0.15) is 23.2 Å². The minimum Gasteiger partial charge on any atom is -0.496 e. The summed E-state index contributed by atoms with van der Waals surface area (Å²) in [6.07, 6.45) is 0.362. The third-order valence-electron chi connectivity index (χ3n) is 4.67. The molecule has 1 fully saturated rings. The number of nitrogens with zero attached hydrogens (tertiary/aromatic N) is 4. The number of piperazine rings is 1. The summed E-state index contributed by atoms with van der Waals surface area (Å²) in [6.45, 7) is 7.67. The zero-order chi connectivity index (χ0) is 19.2. The summed E-state index contributed by atoms with van der Waals surface area (Å²) in [7, 11) is 1.63. The molecular weight excluding hydrogens is 342 g/mol. The molecule has 0 radical (unpaired) electrons. The maximum Gasteiger partial charge on any atom is 0.227 e. The molecule has 0 aliphatic carbocycles. The number of benzene rings is 1. The van der Waals surface area contributed by atoms with Gasteiger partial charge in [-0.1, -0.05) is 18.2 Å². The molecule has 2 aromatic rings. The summed E-state index contributed by atoms with van der Waals surface area (Å²) >= 11 is 0. The number of amides is 1. The minimum absolute atomic E-state index is 0.131. The average Bonchev–Trinajstić information content (AvgIpc) is 2.68. The van der Waals surface area contributed by atoms with Crippen LogP contribution in [0.2, 0.25) is 0 Å². The largest absolute Gasteiger partial charge is 0.496 e. The number of rotatable bonds is 6. The number of ether oxygens (including phenoxy) is 1. The molecule has 7 heteroatoms. The zero-order valence-corrected chi connectivity index (χ0v) is 16.2. The Morgan fingerprint density at radius 3 is 2.63 bits per heavy atom. The molecule has 3 rings (SSSR count). The van der Waals surface area contributed by atoms with Gasteiger partial charge in [0.15, 0.2) is 0 Å². The average molecular weight is 369 g/mol. The van der Waals surface area contributed by atoms with Gasteiger partial charge in [0, 0.05) is 44.4 Å². The third-order valence-corrected chi connectivity index (χ3v) is 4.67. The highest BCUT2D eigenvalue weighted by Gasteiger charge is 2.23. The fraction of sp³-hybridized carbons (Fsp3) is 0.450. The second-order valence-electron chi connectivity index (χ2n) is 6.55. The van der Waals surface area contributed by atoms with Crippen molar-refractivity contribution in [2.45, 2.75) is 20.3 Å². The van der Waals surface area contributed by atoms with E-state index >= 15 is 0 Å². The molecule has 1 aromatic carbocycles. The number of para-hydroxylation sites is 1. The molecule has 1 amide bonds. The molecule has 27 heavy (non-hydrogen) atoms. The number of aromatic nitrogens is 2. The van der Waals surface area contributed by atoms with Crippen molar-refractivity contribution in [2.24, 2.45) is 0 Å². The van der Waals surface area contributed by atoms with Gasteiger partial charge in [-0.2, -0.15) is 0 Å². The van der Waals surface area contributed by atoms with E-state index in [1.54, 1.807) is 7.11 Å². The van der Waals surface area contributed by atoms with Crippen LogP contribution in [0.25, 0.3) is 0 Å². The van der Waals surface area contributed by atoms with E-state index in [0.29, 0.717) is 19.5 Å². The molecule has 1 aromatic heterocycles. The van der Waals surface area contributed by atoms with Crippen molar-refractivity contribution < 1.29 is 9.53 Å². The van der Waals surface area contributed by atoms with Crippen LogP contribution in [0.3, 0.4) is 0 Å². The molecule has 0 atom stereocenters. The van der Waals surface area contributed by atoms with Gasteiger partial charge >= 0.3 is 0 Å². The van der Waals surface area contributed by atoms with Crippen LogP contribution in [0, 0.1) is 6.92 Å². The lowest BCUT2D eigenvalue weighted by Gasteiger charge is -2.35. The number of anilines is 2. The quantitative estimate of drug-likeness (QED) is 0.841. The van der Waals surface area contributed by atoms with Crippen LogP contribution in [0.5, 0.6) is 5.75 Å². The van der Waals surface area contributed by atoms with Crippen LogP contribution in [-0.4, -0.2) is 60.6 Å². The van der Waals surface area contributed by atoms with Gasteiger partial charge in [-0.15, -0.1) is 0 Å². The first-order chi connectivity index (χ1) is 13.1. The van der Waals surface area contributed by atoms with Crippen molar-refractivity contribution in [3.8, 4) is 5.75 Å². The number of nitrogens with one attached hydrogen (secondary N) is 1. The minimum atomic E-state index is 0.131. The van der Waals surface area contributed by atoms with Gasteiger partial charge in [-0.3, -0.25) is 4.79 Å². The van der Waals surface area contributed by atoms with Crippen LogP contribution < -0.4 is 15.0 Å². The Morgan fingerprint density at radius 1 is 1.19 bits per heavy atom. The van der Waals surface area contributed by atoms with Gasteiger partial charge in [0.25, 0.3) is 0 Å². The van der Waals surface area contributed by atoms with Crippen molar-refractivity contribution in [3.05, 3.63) is 41.7 Å². The van der Waals surface area contributed by atoms with Gasteiger partial charge < -0.3 is 19.9 Å². The van der Waals surface area contributed by atoms with Gasteiger partial charge in [-0.25, -0.2) is 9.97 Å². The molecule has 0 saturated carbocycles. The summed E-state index contributed by atoms with van der Waals surface area (Å²) < 4.78 is 5.35. The molecule has 1 aliphatic rings. The summed E-state index contributed by atoms with van der Waals surface area (Å²) in [5.74, 6) is 3.39. The summed E-state index contributed by atoms with van der Waals surface area (Å²) in [6, 6.07) is 9.65. The molecule has 144 valence electrons. The van der Waals surface area contributed by atoms with E-state index in [-0.39, 0.29) is 5.91 Å². The Bertz CT molecular complexity index is 788. The molecule has 0 unspecified atom stereocenters. The monoisotopic (exact) mass is 369 g/mol. The summed E-state index contributed by atoms with van der Waals surface area (Å²) in [5.41, 5.74) is 0.925. The maximum atomic E-state index is 12.7. The highest BCUT2D eigenvalue weighted by molar-refractivity contribution is 5.79. The fourth-order valence-electron chi connectivity index (χ4n) is 3.29. The smallest absolute Gasteiger partial charge is 0.227 e. The Morgan fingerprint density at radius 2 is 1.93 bits per heavy atom. The number of hydrogen-bond donors (Lipinski definition) is 1. The van der Waals surface area contributed by atoms with Gasteiger partial charge in [0.05, 0.1) is 13.5 Å². The molecule has 0 spiro atoms. The lowest BCUT2D eigenvalue weighted by molar-refractivity contribution is -0.130. The van der Waals surface area contributed by atoms with Crippen molar-refractivity contribution in [1.29, 1.82) is 0 Å². The van der Waals surface area contributed by atoms with E-state index in [1.165, 1.54) is 0 Å². The normalized spacial score (nSPS) is 14.2. The van der Waals surface area contributed by atoms with E-state index in [9.17, 15) is 4.79 Å². The van der Waals surface area contributed by atoms with Crippen LogP contribution in [-0.2, 0) is 11.2 Å². The van der Waals surface area contributed by atoms with Crippen molar-refractivity contribution in [3.63, 3.8) is 0 Å². The highest BCUT2D eigenvalue weighted by Crippen LogP contribution is 2.20. The molecule has 7 nitrogen and oxygen atoms in total. The molecule has 0 bridgehead atoms. The van der Waals surface area contributed by atoms with E-state index < -0.39 is 0 Å². The van der Waals surface area contributed by atoms with Crippen molar-refractivity contribution >= 4 is 17.5 Å². The first kappa shape index (κ1) is 18.9. The second-order valence-corrected chi connectivity index (χ2v) is 6.55. The maximum absolute atomic E-state index is 12.7. The second kappa shape index (κ2) is 8.70. The molecule has 1 N–H and O–H groups in total.